The Hall–Kier alpha value is 0.0638. The third kappa shape index (κ3) is 4.82. The highest BCUT2D eigenvalue weighted by molar-refractivity contribution is 8.12. The van der Waals surface area contributed by atoms with Crippen LogP contribution in [0.15, 0.2) is 0 Å². The molecule has 6 nitrogen and oxygen atoms in total. The molecule has 142 valence electrons. The molecule has 0 N–H and O–H groups in total. The van der Waals surface area contributed by atoms with E-state index in [1.807, 2.05) is 26.6 Å². The molecule has 0 aromatic rings. The Balaban J connectivity index is 3.06. The SMILES string of the molecule is C[C@@H](O[Si](C)(C)C(C)(C)C)[C@H]1C(=O)N(S(=O)(=O)Cl)[C@@H]1O[Si](C)(C)C. The summed E-state index contributed by atoms with van der Waals surface area (Å²) in [6, 6.07) is 0. The zero-order valence-corrected chi connectivity index (χ0v) is 19.6. The Bertz CT molecular complexity index is 597. The molecule has 3 atom stereocenters. The van der Waals surface area contributed by atoms with Gasteiger partial charge in [0.15, 0.2) is 22.9 Å². The van der Waals surface area contributed by atoms with Gasteiger partial charge in [-0.3, -0.25) is 4.79 Å². The van der Waals surface area contributed by atoms with Crippen molar-refractivity contribution >= 4 is 42.5 Å². The van der Waals surface area contributed by atoms with Gasteiger partial charge in [-0.2, -0.15) is 12.7 Å². The van der Waals surface area contributed by atoms with Gasteiger partial charge in [-0.1, -0.05) is 20.8 Å². The second-order valence-electron chi connectivity index (χ2n) is 8.81. The third-order valence-electron chi connectivity index (χ3n) is 4.54. The van der Waals surface area contributed by atoms with Crippen molar-refractivity contribution in [1.29, 1.82) is 0 Å². The molecule has 1 amide bonds. The molecule has 0 aromatic heterocycles. The Morgan fingerprint density at radius 2 is 1.62 bits per heavy atom. The average Bonchev–Trinajstić information content (AvgIpc) is 2.21. The van der Waals surface area contributed by atoms with Crippen molar-refractivity contribution in [3.63, 3.8) is 0 Å². The molecular weight excluding hydrogens is 386 g/mol. The number of halogens is 1. The van der Waals surface area contributed by atoms with Crippen LogP contribution in [0, 0.1) is 5.92 Å². The molecular formula is C14H30ClNO5SSi2. The highest BCUT2D eigenvalue weighted by Crippen LogP contribution is 2.42. The topological polar surface area (TPSA) is 72.9 Å². The van der Waals surface area contributed by atoms with E-state index >= 15 is 0 Å². The van der Waals surface area contributed by atoms with Gasteiger partial charge in [-0.05, 0) is 44.7 Å². The van der Waals surface area contributed by atoms with Crippen LogP contribution >= 0.6 is 10.7 Å². The van der Waals surface area contributed by atoms with Crippen molar-refractivity contribution in [3.05, 3.63) is 0 Å². The van der Waals surface area contributed by atoms with Gasteiger partial charge in [-0.15, -0.1) is 0 Å². The molecule has 0 spiro atoms. The van der Waals surface area contributed by atoms with Crippen molar-refractivity contribution < 1.29 is 22.1 Å². The first-order valence-electron chi connectivity index (χ1n) is 8.02. The van der Waals surface area contributed by atoms with Crippen LogP contribution in [0.5, 0.6) is 0 Å². The van der Waals surface area contributed by atoms with Crippen molar-refractivity contribution in [2.24, 2.45) is 5.92 Å². The number of hydrogen-bond donors (Lipinski definition) is 0. The van der Waals surface area contributed by atoms with Gasteiger partial charge >= 0.3 is 9.24 Å². The summed E-state index contributed by atoms with van der Waals surface area (Å²) in [5.74, 6) is -1.21. The smallest absolute Gasteiger partial charge is 0.326 e. The molecule has 1 saturated heterocycles. The normalized spacial score (nSPS) is 24.8. The lowest BCUT2D eigenvalue weighted by atomic mass is 9.94. The maximum Gasteiger partial charge on any atom is 0.326 e. The Morgan fingerprint density at radius 1 is 1.17 bits per heavy atom. The minimum absolute atomic E-state index is 0.0125. The van der Waals surface area contributed by atoms with Crippen LogP contribution in [0.3, 0.4) is 0 Å². The molecule has 1 aliphatic heterocycles. The fraction of sp³-hybridized carbons (Fsp3) is 0.929. The van der Waals surface area contributed by atoms with Crippen LogP contribution in [0.1, 0.15) is 27.7 Å². The molecule has 0 aliphatic carbocycles. The van der Waals surface area contributed by atoms with E-state index in [2.05, 4.69) is 33.9 Å². The first kappa shape index (κ1) is 22.1. The maximum absolute atomic E-state index is 12.4. The lowest BCUT2D eigenvalue weighted by molar-refractivity contribution is -0.170. The summed E-state index contributed by atoms with van der Waals surface area (Å²) in [6.07, 6.45) is -1.32. The van der Waals surface area contributed by atoms with E-state index in [1.54, 1.807) is 0 Å². The minimum atomic E-state index is -4.17. The molecule has 0 saturated carbocycles. The van der Waals surface area contributed by atoms with Crippen molar-refractivity contribution in [1.82, 2.24) is 4.31 Å². The molecule has 1 rings (SSSR count). The number of β-lactam (4-membered cyclic amide) rings is 1. The second kappa shape index (κ2) is 6.66. The number of rotatable bonds is 6. The molecule has 24 heavy (non-hydrogen) atoms. The van der Waals surface area contributed by atoms with Crippen molar-refractivity contribution in [2.45, 2.75) is 77.8 Å². The van der Waals surface area contributed by atoms with E-state index in [9.17, 15) is 13.2 Å². The van der Waals surface area contributed by atoms with E-state index in [0.29, 0.717) is 4.31 Å². The fourth-order valence-corrected chi connectivity index (χ4v) is 6.00. The lowest BCUT2D eigenvalue weighted by Crippen LogP contribution is -2.68. The van der Waals surface area contributed by atoms with E-state index in [0.717, 1.165) is 0 Å². The van der Waals surface area contributed by atoms with Crippen LogP contribution in [-0.2, 0) is 22.9 Å². The summed E-state index contributed by atoms with van der Waals surface area (Å²) in [7, 11) is -2.94. The van der Waals surface area contributed by atoms with Crippen LogP contribution in [0.4, 0.5) is 0 Å². The summed E-state index contributed by atoms with van der Waals surface area (Å²) in [6.45, 7) is 18.1. The highest BCUT2D eigenvalue weighted by Gasteiger charge is 2.58. The summed E-state index contributed by atoms with van der Waals surface area (Å²) in [5, 5.41) is -0.0125. The van der Waals surface area contributed by atoms with Gasteiger partial charge in [0.05, 0.1) is 6.10 Å². The maximum atomic E-state index is 12.4. The molecule has 0 radical (unpaired) electrons. The molecule has 0 unspecified atom stereocenters. The summed E-state index contributed by atoms with van der Waals surface area (Å²) in [5.41, 5.74) is 0. The molecule has 10 heteroatoms. The lowest BCUT2D eigenvalue weighted by Gasteiger charge is -2.50. The molecule has 0 aromatic carbocycles. The summed E-state index contributed by atoms with van der Waals surface area (Å²) >= 11 is 0. The van der Waals surface area contributed by atoms with Gasteiger partial charge in [0.1, 0.15) is 5.92 Å². The van der Waals surface area contributed by atoms with E-state index in [4.69, 9.17) is 19.5 Å². The number of carbonyl (C=O) groups excluding carboxylic acids is 1. The number of carbonyl (C=O) groups is 1. The number of amides is 1. The number of hydrogen-bond acceptors (Lipinski definition) is 5. The zero-order chi connectivity index (χ0) is 19.3. The quantitative estimate of drug-likeness (QED) is 0.377. The predicted molar refractivity (Wildman–Crippen MR) is 101 cm³/mol. The first-order valence-corrected chi connectivity index (χ1v) is 16.6. The Labute approximate surface area is 152 Å². The second-order valence-corrected chi connectivity index (χ2v) is 20.4. The summed E-state index contributed by atoms with van der Waals surface area (Å²) < 4.78 is 36.3. The first-order chi connectivity index (χ1) is 10.4. The minimum Gasteiger partial charge on any atom is -0.413 e. The number of nitrogens with zero attached hydrogens (tertiary/aromatic N) is 1. The van der Waals surface area contributed by atoms with Crippen molar-refractivity contribution in [3.8, 4) is 0 Å². The highest BCUT2D eigenvalue weighted by atomic mass is 35.7. The van der Waals surface area contributed by atoms with Crippen LogP contribution in [0.25, 0.3) is 0 Å². The monoisotopic (exact) mass is 415 g/mol. The summed E-state index contributed by atoms with van der Waals surface area (Å²) in [4.78, 5) is 12.4. The van der Waals surface area contributed by atoms with E-state index in [1.165, 1.54) is 0 Å². The molecule has 1 heterocycles. The Morgan fingerprint density at radius 3 is 1.96 bits per heavy atom. The zero-order valence-electron chi connectivity index (χ0n) is 16.0. The van der Waals surface area contributed by atoms with E-state index < -0.39 is 50.0 Å². The average molecular weight is 416 g/mol. The van der Waals surface area contributed by atoms with Gasteiger partial charge < -0.3 is 8.85 Å². The van der Waals surface area contributed by atoms with Crippen LogP contribution < -0.4 is 0 Å². The fourth-order valence-electron chi connectivity index (χ4n) is 2.32. The van der Waals surface area contributed by atoms with Gasteiger partial charge in [-0.25, -0.2) is 0 Å². The Kier molecular flexibility index (Phi) is 6.13. The van der Waals surface area contributed by atoms with Crippen molar-refractivity contribution in [2.75, 3.05) is 0 Å². The van der Waals surface area contributed by atoms with Gasteiger partial charge in [0, 0.05) is 10.7 Å². The molecule has 1 aliphatic rings. The predicted octanol–water partition coefficient (Wildman–Crippen LogP) is 3.52. The van der Waals surface area contributed by atoms with Crippen LogP contribution in [0.2, 0.25) is 37.8 Å². The van der Waals surface area contributed by atoms with Gasteiger partial charge in [0.25, 0.3) is 0 Å². The third-order valence-corrected chi connectivity index (χ3v) is 11.4. The molecule has 1 fully saturated rings. The standard InChI is InChI=1S/C14H30ClNO5SSi2/c1-10(20-24(8,9)14(2,3)4)11-12(17)16(22(15,18)19)13(11)21-23(5,6)7/h10-11,13H,1-9H3/t10-,11+,13-/m1/s1. The molecule has 0 bridgehead atoms. The van der Waals surface area contributed by atoms with E-state index in [-0.39, 0.29) is 5.04 Å². The largest absolute Gasteiger partial charge is 0.413 e. The van der Waals surface area contributed by atoms with Crippen LogP contribution in [-0.4, -0.2) is 47.6 Å². The van der Waals surface area contributed by atoms with Gasteiger partial charge in [0.2, 0.25) is 5.91 Å².